The molecule has 0 radical (unpaired) electrons. The maximum Gasteiger partial charge on any atom is 0.247 e. The molecule has 2 fully saturated rings. The van der Waals surface area contributed by atoms with Crippen molar-refractivity contribution in [2.75, 3.05) is 11.9 Å². The van der Waals surface area contributed by atoms with E-state index in [2.05, 4.69) is 27.6 Å². The van der Waals surface area contributed by atoms with Gasteiger partial charge in [0.2, 0.25) is 17.7 Å². The monoisotopic (exact) mass is 671 g/mol. The number of aryl methyl sites for hydroxylation is 2. The van der Waals surface area contributed by atoms with Gasteiger partial charge in [0.15, 0.2) is 0 Å². The number of aromatic hydroxyl groups is 1. The van der Waals surface area contributed by atoms with E-state index in [0.717, 1.165) is 55.2 Å². The first-order valence-corrected chi connectivity index (χ1v) is 17.6. The van der Waals surface area contributed by atoms with Gasteiger partial charge >= 0.3 is 0 Å². The number of carbonyl (C=O) groups is 3. The minimum absolute atomic E-state index is 0.0968. The third-order valence-corrected chi connectivity index (χ3v) is 9.68. The Hall–Kier alpha value is -5.36. The van der Waals surface area contributed by atoms with E-state index in [0.29, 0.717) is 54.2 Å². The predicted molar refractivity (Wildman–Crippen MR) is 194 cm³/mol. The molecule has 1 aromatic heterocycles. The van der Waals surface area contributed by atoms with Crippen molar-refractivity contribution in [3.63, 3.8) is 0 Å². The molecule has 258 valence electrons. The molecule has 9 nitrogen and oxygen atoms in total. The molecule has 3 aromatic carbocycles. The fourth-order valence-electron chi connectivity index (χ4n) is 7.07. The summed E-state index contributed by atoms with van der Waals surface area (Å²) in [5.41, 5.74) is 5.24. The number of nitrogens with one attached hydrogen (secondary N) is 2. The molecule has 9 heteroatoms. The number of nitrogens with zero attached hydrogens (tertiary/aromatic N) is 3. The lowest BCUT2D eigenvalue weighted by molar-refractivity contribution is -0.143. The maximum absolute atomic E-state index is 14.1. The molecule has 1 aliphatic carbocycles. The normalized spacial score (nSPS) is 16.7. The van der Waals surface area contributed by atoms with Crippen molar-refractivity contribution >= 4 is 23.4 Å². The second kappa shape index (κ2) is 15.9. The lowest BCUT2D eigenvalue weighted by Crippen LogP contribution is -2.57. The van der Waals surface area contributed by atoms with Gasteiger partial charge in [-0.05, 0) is 86.9 Å². The van der Waals surface area contributed by atoms with E-state index >= 15 is 0 Å². The van der Waals surface area contributed by atoms with Gasteiger partial charge in [0.05, 0.1) is 5.56 Å². The van der Waals surface area contributed by atoms with Gasteiger partial charge in [0.1, 0.15) is 23.5 Å². The molecule has 3 amide bonds. The van der Waals surface area contributed by atoms with Crippen LogP contribution in [0.25, 0.3) is 11.3 Å². The van der Waals surface area contributed by atoms with Crippen molar-refractivity contribution in [3.8, 4) is 28.8 Å². The fourth-order valence-corrected chi connectivity index (χ4v) is 7.07. The molecule has 0 spiro atoms. The summed E-state index contributed by atoms with van der Waals surface area (Å²) in [6.07, 6.45) is 9.23. The van der Waals surface area contributed by atoms with E-state index in [1.807, 2.05) is 74.8 Å². The standard InChI is InChI=1S/C41H45N5O4/c1-28-15-22-37(47)34(24-28)39-32(27-45(2)44-39)19-16-29-17-20-33(21-18-29)42-40(49)36-14-8-9-23-46(36)41(50)35(25-30-10-4-3-5-11-30)43-38(48)26-31-12-6-7-13-31/h3-5,10-11,15,17-18,20-22,24,27,31,35-36,47H,6-9,12-14,23,25-26H2,1-2H3,(H,42,49)(H,43,48)/t35-,36?/m0/s1. The number of phenolic OH excluding ortho intramolecular Hbond substituents is 1. The number of anilines is 1. The van der Waals surface area contributed by atoms with Crippen LogP contribution in [0.2, 0.25) is 0 Å². The Balaban J connectivity index is 1.14. The number of rotatable bonds is 9. The van der Waals surface area contributed by atoms with Crippen molar-refractivity contribution in [1.82, 2.24) is 20.0 Å². The molecule has 3 N–H and O–H groups in total. The zero-order valence-corrected chi connectivity index (χ0v) is 28.8. The number of aromatic nitrogens is 2. The number of hydrogen-bond acceptors (Lipinski definition) is 5. The molecular formula is C41H45N5O4. The molecule has 50 heavy (non-hydrogen) atoms. The van der Waals surface area contributed by atoms with Crippen LogP contribution in [0, 0.1) is 24.7 Å². The number of phenols is 1. The van der Waals surface area contributed by atoms with Gasteiger partial charge in [-0.2, -0.15) is 5.10 Å². The largest absolute Gasteiger partial charge is 0.507 e. The van der Waals surface area contributed by atoms with Crippen LogP contribution in [0.1, 0.15) is 73.6 Å². The van der Waals surface area contributed by atoms with E-state index in [9.17, 15) is 19.5 Å². The summed E-state index contributed by atoms with van der Waals surface area (Å²) < 4.78 is 1.67. The summed E-state index contributed by atoms with van der Waals surface area (Å²) in [4.78, 5) is 42.6. The smallest absolute Gasteiger partial charge is 0.247 e. The SMILES string of the molecule is Cc1ccc(O)c(-c2nn(C)cc2C#Cc2ccc(NC(=O)C3CCCCN3C(=O)[C@H](Cc3ccccc3)NC(=O)CC3CCCC3)cc2)c1. The van der Waals surface area contributed by atoms with Crippen molar-refractivity contribution in [2.24, 2.45) is 13.0 Å². The lowest BCUT2D eigenvalue weighted by Gasteiger charge is -2.37. The Morgan fingerprint density at radius 3 is 2.44 bits per heavy atom. The fraction of sp³-hybridized carbons (Fsp3) is 0.366. The van der Waals surface area contributed by atoms with E-state index < -0.39 is 12.1 Å². The number of carbonyl (C=O) groups excluding carboxylic acids is 3. The van der Waals surface area contributed by atoms with Crippen LogP contribution < -0.4 is 10.6 Å². The summed E-state index contributed by atoms with van der Waals surface area (Å²) >= 11 is 0. The van der Waals surface area contributed by atoms with Gasteiger partial charge in [-0.15, -0.1) is 0 Å². The van der Waals surface area contributed by atoms with Crippen molar-refractivity contribution in [3.05, 3.63) is 101 Å². The molecule has 4 aromatic rings. The molecule has 0 bridgehead atoms. The Morgan fingerprint density at radius 2 is 1.68 bits per heavy atom. The quantitative estimate of drug-likeness (QED) is 0.185. The predicted octanol–water partition coefficient (Wildman–Crippen LogP) is 6.13. The minimum Gasteiger partial charge on any atom is -0.507 e. The van der Waals surface area contributed by atoms with Crippen LogP contribution in [0.4, 0.5) is 5.69 Å². The van der Waals surface area contributed by atoms with Gasteiger partial charge in [-0.1, -0.05) is 66.6 Å². The molecular weight excluding hydrogens is 626 g/mol. The highest BCUT2D eigenvalue weighted by molar-refractivity contribution is 5.98. The van der Waals surface area contributed by atoms with E-state index in [1.165, 1.54) is 0 Å². The van der Waals surface area contributed by atoms with Gasteiger partial charge < -0.3 is 20.6 Å². The molecule has 1 aliphatic heterocycles. The van der Waals surface area contributed by atoms with Crippen molar-refractivity contribution < 1.29 is 19.5 Å². The average molecular weight is 672 g/mol. The molecule has 1 unspecified atom stereocenters. The summed E-state index contributed by atoms with van der Waals surface area (Å²) in [7, 11) is 1.82. The van der Waals surface area contributed by atoms with E-state index in [-0.39, 0.29) is 23.5 Å². The van der Waals surface area contributed by atoms with E-state index in [1.54, 1.807) is 27.8 Å². The minimum atomic E-state index is -0.743. The molecule has 1 saturated heterocycles. The molecule has 6 rings (SSSR count). The Bertz CT molecular complexity index is 1880. The lowest BCUT2D eigenvalue weighted by atomic mass is 9.97. The van der Waals surface area contributed by atoms with Crippen LogP contribution >= 0.6 is 0 Å². The summed E-state index contributed by atoms with van der Waals surface area (Å²) in [5, 5.41) is 21.0. The van der Waals surface area contributed by atoms with E-state index in [4.69, 9.17) is 0 Å². The number of piperidine rings is 1. The third-order valence-electron chi connectivity index (χ3n) is 9.68. The second-order valence-electron chi connectivity index (χ2n) is 13.6. The van der Waals surface area contributed by atoms with Gasteiger partial charge in [0.25, 0.3) is 0 Å². The van der Waals surface area contributed by atoms with Crippen molar-refractivity contribution in [2.45, 2.75) is 76.8 Å². The maximum atomic E-state index is 14.1. The first kappa shape index (κ1) is 34.5. The highest BCUT2D eigenvalue weighted by atomic mass is 16.3. The summed E-state index contributed by atoms with van der Waals surface area (Å²) in [5.74, 6) is 6.31. The molecule has 1 saturated carbocycles. The zero-order valence-electron chi connectivity index (χ0n) is 28.8. The van der Waals surface area contributed by atoms with Gasteiger partial charge in [-0.3, -0.25) is 19.1 Å². The topological polar surface area (TPSA) is 117 Å². The molecule has 2 heterocycles. The number of likely N-dealkylation sites (tertiary alicyclic amines) is 1. The first-order valence-electron chi connectivity index (χ1n) is 17.6. The second-order valence-corrected chi connectivity index (χ2v) is 13.6. The third kappa shape index (κ3) is 8.61. The van der Waals surface area contributed by atoms with Crippen LogP contribution in [0.3, 0.4) is 0 Å². The van der Waals surface area contributed by atoms with Crippen molar-refractivity contribution in [1.29, 1.82) is 0 Å². The Morgan fingerprint density at radius 1 is 0.940 bits per heavy atom. The highest BCUT2D eigenvalue weighted by Crippen LogP contribution is 2.31. The molecule has 2 aliphatic rings. The summed E-state index contributed by atoms with van der Waals surface area (Å²) in [6.45, 7) is 2.42. The van der Waals surface area contributed by atoms with Crippen LogP contribution in [-0.4, -0.2) is 56.1 Å². The van der Waals surface area contributed by atoms with Gasteiger partial charge in [-0.25, -0.2) is 0 Å². The zero-order chi connectivity index (χ0) is 35.0. The van der Waals surface area contributed by atoms with Gasteiger partial charge in [0, 0.05) is 49.4 Å². The first-order chi connectivity index (χ1) is 24.2. The highest BCUT2D eigenvalue weighted by Gasteiger charge is 2.36. The van der Waals surface area contributed by atoms with Crippen LogP contribution in [-0.2, 0) is 27.9 Å². The van der Waals surface area contributed by atoms with Crippen LogP contribution in [0.15, 0.2) is 79.0 Å². The number of amides is 3. The van der Waals surface area contributed by atoms with Crippen LogP contribution in [0.5, 0.6) is 5.75 Å². The Kier molecular flexibility index (Phi) is 11.0. The number of hydrogen-bond donors (Lipinski definition) is 3. The average Bonchev–Trinajstić information content (AvgIpc) is 3.77. The number of benzene rings is 3. The Labute approximate surface area is 294 Å². The molecule has 2 atom stereocenters. The summed E-state index contributed by atoms with van der Waals surface area (Å²) in [6, 6.07) is 21.0.